The van der Waals surface area contributed by atoms with Gasteiger partial charge in [0.05, 0.1) is 5.69 Å². The predicted molar refractivity (Wildman–Crippen MR) is 105 cm³/mol. The molecule has 0 aliphatic carbocycles. The van der Waals surface area contributed by atoms with Gasteiger partial charge < -0.3 is 0 Å². The van der Waals surface area contributed by atoms with Gasteiger partial charge in [0, 0.05) is 22.3 Å². The van der Waals surface area contributed by atoms with E-state index >= 15 is 0 Å². The van der Waals surface area contributed by atoms with Crippen molar-refractivity contribution in [3.63, 3.8) is 0 Å². The fraction of sp³-hybridized carbons (Fsp3) is 0.167. The lowest BCUT2D eigenvalue weighted by atomic mass is 10.1. The van der Waals surface area contributed by atoms with Gasteiger partial charge in [-0.2, -0.15) is 5.10 Å². The molecule has 0 radical (unpaired) electrons. The first-order valence-electron chi connectivity index (χ1n) is 7.52. The average molecular weight is 402 g/mol. The molecule has 2 aromatic rings. The zero-order chi connectivity index (χ0) is 16.9. The minimum atomic E-state index is -0.118. The molecule has 1 heterocycles. The van der Waals surface area contributed by atoms with Crippen molar-refractivity contribution in [3.05, 3.63) is 64.1 Å². The molecular formula is C18H16BrN3OS. The van der Waals surface area contributed by atoms with Gasteiger partial charge in [-0.15, -0.1) is 11.8 Å². The maximum Gasteiger partial charge on any atom is 0.215 e. The minimum Gasteiger partial charge on any atom is -0.287 e. The molecule has 1 aliphatic rings. The highest BCUT2D eigenvalue weighted by molar-refractivity contribution is 9.10. The van der Waals surface area contributed by atoms with Gasteiger partial charge >= 0.3 is 0 Å². The lowest BCUT2D eigenvalue weighted by Crippen LogP contribution is -2.23. The number of hydrogen-bond acceptors (Lipinski definition) is 5. The topological polar surface area (TPSA) is 53.8 Å². The van der Waals surface area contributed by atoms with E-state index in [1.54, 1.807) is 11.8 Å². The Morgan fingerprint density at radius 2 is 1.88 bits per heavy atom. The fourth-order valence-corrected chi connectivity index (χ4v) is 3.26. The molecule has 0 aromatic heterocycles. The minimum absolute atomic E-state index is 0.118. The first kappa shape index (κ1) is 16.9. The number of carbonyl (C=O) groups is 1. The van der Waals surface area contributed by atoms with Crippen LogP contribution in [-0.2, 0) is 0 Å². The van der Waals surface area contributed by atoms with Crippen molar-refractivity contribution < 1.29 is 4.79 Å². The van der Waals surface area contributed by atoms with E-state index in [0.717, 1.165) is 28.0 Å². The van der Waals surface area contributed by atoms with Crippen LogP contribution in [0.1, 0.15) is 15.9 Å². The van der Waals surface area contributed by atoms with E-state index in [4.69, 9.17) is 0 Å². The quantitative estimate of drug-likeness (QED) is 0.454. The van der Waals surface area contributed by atoms with E-state index in [2.05, 4.69) is 31.4 Å². The summed E-state index contributed by atoms with van der Waals surface area (Å²) in [6.07, 6.45) is 0. The van der Waals surface area contributed by atoms with Crippen molar-refractivity contribution in [2.45, 2.75) is 6.92 Å². The standard InChI is InChI=1S/C18H16BrN3OS/c1-12-2-4-13(5-3-12)17(23)16(18-20-10-11-24-18)22-21-15-8-6-14(19)7-9-15/h2-9,21H,10-11H2,1H3/b22-16-. The Labute approximate surface area is 153 Å². The molecule has 0 amide bonds. The molecule has 1 aliphatic heterocycles. The van der Waals surface area contributed by atoms with Crippen LogP contribution >= 0.6 is 27.7 Å². The number of Topliss-reactive ketones (excluding diaryl/α,β-unsaturated/α-hetero) is 1. The Hall–Kier alpha value is -1.92. The van der Waals surface area contributed by atoms with E-state index in [1.807, 2.05) is 55.5 Å². The molecule has 0 fully saturated rings. The molecule has 6 heteroatoms. The first-order valence-corrected chi connectivity index (χ1v) is 9.29. The highest BCUT2D eigenvalue weighted by atomic mass is 79.9. The molecule has 4 nitrogen and oxygen atoms in total. The molecule has 122 valence electrons. The Bertz CT molecular complexity index is 798. The second-order valence-electron chi connectivity index (χ2n) is 5.31. The van der Waals surface area contributed by atoms with Gasteiger partial charge in [-0.1, -0.05) is 45.8 Å². The van der Waals surface area contributed by atoms with Gasteiger partial charge in [-0.3, -0.25) is 15.2 Å². The molecule has 0 saturated heterocycles. The van der Waals surface area contributed by atoms with Crippen LogP contribution in [-0.4, -0.2) is 28.8 Å². The number of ketones is 1. The predicted octanol–water partition coefficient (Wildman–Crippen LogP) is 4.55. The number of hydrazone groups is 1. The SMILES string of the molecule is Cc1ccc(C(=O)/C(=N/Nc2ccc(Br)cc2)C2=NCCS2)cc1. The number of halogens is 1. The van der Waals surface area contributed by atoms with Crippen molar-refractivity contribution in [1.82, 2.24) is 0 Å². The summed E-state index contributed by atoms with van der Waals surface area (Å²) in [5, 5.41) is 5.05. The Kier molecular flexibility index (Phi) is 5.48. The van der Waals surface area contributed by atoms with Gasteiger partial charge in [0.25, 0.3) is 0 Å². The lowest BCUT2D eigenvalue weighted by molar-refractivity contribution is 0.106. The van der Waals surface area contributed by atoms with Crippen molar-refractivity contribution in [2.75, 3.05) is 17.7 Å². The highest BCUT2D eigenvalue weighted by Crippen LogP contribution is 2.18. The number of thioether (sulfide) groups is 1. The third-order valence-electron chi connectivity index (χ3n) is 3.46. The number of rotatable bonds is 5. The zero-order valence-corrected chi connectivity index (χ0v) is 15.5. The van der Waals surface area contributed by atoms with E-state index in [-0.39, 0.29) is 5.78 Å². The Balaban J connectivity index is 1.88. The van der Waals surface area contributed by atoms with Crippen LogP contribution in [0.15, 0.2) is 63.1 Å². The number of nitrogens with one attached hydrogen (secondary N) is 1. The van der Waals surface area contributed by atoms with Crippen LogP contribution < -0.4 is 5.43 Å². The maximum absolute atomic E-state index is 12.8. The van der Waals surface area contributed by atoms with Crippen LogP contribution in [0.3, 0.4) is 0 Å². The van der Waals surface area contributed by atoms with Crippen LogP contribution in [0.2, 0.25) is 0 Å². The number of aryl methyl sites for hydroxylation is 1. The van der Waals surface area contributed by atoms with Crippen LogP contribution in [0.5, 0.6) is 0 Å². The smallest absolute Gasteiger partial charge is 0.215 e. The summed E-state index contributed by atoms with van der Waals surface area (Å²) in [4.78, 5) is 17.3. The van der Waals surface area contributed by atoms with E-state index in [9.17, 15) is 4.79 Å². The fourth-order valence-electron chi connectivity index (χ4n) is 2.16. The van der Waals surface area contributed by atoms with Gasteiger partial charge in [0.2, 0.25) is 5.78 Å². The third-order valence-corrected chi connectivity index (χ3v) is 4.97. The number of hydrogen-bond donors (Lipinski definition) is 1. The summed E-state index contributed by atoms with van der Waals surface area (Å²) in [5.41, 5.74) is 5.88. The summed E-state index contributed by atoms with van der Waals surface area (Å²) in [6.45, 7) is 2.72. The summed E-state index contributed by atoms with van der Waals surface area (Å²) in [5.74, 6) is 0.765. The van der Waals surface area contributed by atoms with Crippen molar-refractivity contribution in [3.8, 4) is 0 Å². The molecule has 0 spiro atoms. The highest BCUT2D eigenvalue weighted by Gasteiger charge is 2.23. The number of anilines is 1. The molecule has 24 heavy (non-hydrogen) atoms. The van der Waals surface area contributed by atoms with Crippen LogP contribution in [0.4, 0.5) is 5.69 Å². The normalized spacial score (nSPS) is 14.4. The number of carbonyl (C=O) groups excluding carboxylic acids is 1. The summed E-state index contributed by atoms with van der Waals surface area (Å²) in [6, 6.07) is 15.1. The van der Waals surface area contributed by atoms with E-state index in [1.165, 1.54) is 0 Å². The molecule has 3 rings (SSSR count). The number of benzene rings is 2. The summed E-state index contributed by atoms with van der Waals surface area (Å²) < 4.78 is 0.990. The summed E-state index contributed by atoms with van der Waals surface area (Å²) >= 11 is 4.96. The molecule has 0 bridgehead atoms. The van der Waals surface area contributed by atoms with Crippen LogP contribution in [0.25, 0.3) is 0 Å². The van der Waals surface area contributed by atoms with Crippen molar-refractivity contribution in [2.24, 2.45) is 10.1 Å². The monoisotopic (exact) mass is 401 g/mol. The van der Waals surface area contributed by atoms with Gasteiger partial charge in [-0.25, -0.2) is 0 Å². The van der Waals surface area contributed by atoms with E-state index in [0.29, 0.717) is 16.3 Å². The zero-order valence-electron chi connectivity index (χ0n) is 13.1. The second-order valence-corrected chi connectivity index (χ2v) is 7.31. The molecular weight excluding hydrogens is 386 g/mol. The average Bonchev–Trinajstić information content (AvgIpc) is 3.11. The maximum atomic E-state index is 12.8. The van der Waals surface area contributed by atoms with Gasteiger partial charge in [0.1, 0.15) is 5.04 Å². The number of nitrogens with zero attached hydrogens (tertiary/aromatic N) is 2. The van der Waals surface area contributed by atoms with Crippen molar-refractivity contribution >= 4 is 49.9 Å². The first-order chi connectivity index (χ1) is 11.6. The van der Waals surface area contributed by atoms with Gasteiger partial charge in [0.15, 0.2) is 5.71 Å². The molecule has 0 atom stereocenters. The summed E-state index contributed by atoms with van der Waals surface area (Å²) in [7, 11) is 0. The Morgan fingerprint density at radius 1 is 1.17 bits per heavy atom. The molecule has 1 N–H and O–H groups in total. The second kappa shape index (κ2) is 7.77. The number of aliphatic imine (C=N–C) groups is 1. The molecule has 2 aromatic carbocycles. The largest absolute Gasteiger partial charge is 0.287 e. The Morgan fingerprint density at radius 3 is 2.50 bits per heavy atom. The van der Waals surface area contributed by atoms with E-state index < -0.39 is 0 Å². The van der Waals surface area contributed by atoms with Gasteiger partial charge in [-0.05, 0) is 31.2 Å². The van der Waals surface area contributed by atoms with Crippen molar-refractivity contribution in [1.29, 1.82) is 0 Å². The molecule has 0 saturated carbocycles. The molecule has 0 unspecified atom stereocenters. The lowest BCUT2D eigenvalue weighted by Gasteiger charge is -2.07. The van der Waals surface area contributed by atoms with Crippen LogP contribution in [0, 0.1) is 6.92 Å². The third kappa shape index (κ3) is 4.13.